The Hall–Kier alpha value is -2.19. The monoisotopic (exact) mass is 376 g/mol. The van der Waals surface area contributed by atoms with Gasteiger partial charge in [-0.25, -0.2) is 9.78 Å². The first kappa shape index (κ1) is 18.6. The fourth-order valence-electron chi connectivity index (χ4n) is 3.26. The van der Waals surface area contributed by atoms with Crippen LogP contribution in [0.15, 0.2) is 17.6 Å². The molecule has 0 aromatic carbocycles. The fraction of sp³-hybridized carbons (Fsp3) is 0.500. The quantitative estimate of drug-likeness (QED) is 0.750. The Morgan fingerprint density at radius 2 is 1.96 bits per heavy atom. The maximum absolute atomic E-state index is 12.8. The molecular weight excluding hydrogens is 352 g/mol. The summed E-state index contributed by atoms with van der Waals surface area (Å²) >= 11 is 1.55. The van der Waals surface area contributed by atoms with Crippen LogP contribution in [-0.2, 0) is 4.74 Å². The van der Waals surface area contributed by atoms with Crippen molar-refractivity contribution in [3.05, 3.63) is 34.6 Å². The number of aryl methyl sites for hydroxylation is 1. The van der Waals surface area contributed by atoms with Crippen molar-refractivity contribution >= 4 is 23.2 Å². The van der Waals surface area contributed by atoms with E-state index in [-0.39, 0.29) is 11.9 Å². The van der Waals surface area contributed by atoms with Crippen LogP contribution in [0, 0.1) is 13.8 Å². The topological polar surface area (TPSA) is 67.7 Å². The molecule has 26 heavy (non-hydrogen) atoms. The van der Waals surface area contributed by atoms with Gasteiger partial charge in [0.15, 0.2) is 10.9 Å². The van der Waals surface area contributed by atoms with Gasteiger partial charge >= 0.3 is 6.09 Å². The third-order valence-electron chi connectivity index (χ3n) is 4.61. The Morgan fingerprint density at radius 1 is 1.23 bits per heavy atom. The van der Waals surface area contributed by atoms with E-state index in [2.05, 4.69) is 9.88 Å². The summed E-state index contributed by atoms with van der Waals surface area (Å²) in [6.07, 6.45) is 1.49. The molecule has 0 unspecified atom stereocenters. The smallest absolute Gasteiger partial charge is 0.409 e. The van der Waals surface area contributed by atoms with Crippen molar-refractivity contribution in [2.75, 3.05) is 39.3 Å². The van der Waals surface area contributed by atoms with Crippen molar-refractivity contribution in [2.45, 2.75) is 20.8 Å². The van der Waals surface area contributed by atoms with E-state index in [1.165, 1.54) is 0 Å². The van der Waals surface area contributed by atoms with Gasteiger partial charge in [-0.2, -0.15) is 0 Å². The van der Waals surface area contributed by atoms with Gasteiger partial charge in [0, 0.05) is 54.7 Å². The van der Waals surface area contributed by atoms with Gasteiger partial charge in [-0.05, 0) is 26.8 Å². The van der Waals surface area contributed by atoms with Crippen molar-refractivity contribution < 1.29 is 14.3 Å². The molecule has 1 aliphatic heterocycles. The van der Waals surface area contributed by atoms with E-state index >= 15 is 0 Å². The van der Waals surface area contributed by atoms with Gasteiger partial charge in [0.2, 0.25) is 0 Å². The van der Waals surface area contributed by atoms with Gasteiger partial charge in [0.05, 0.1) is 13.2 Å². The van der Waals surface area contributed by atoms with Crippen molar-refractivity contribution in [1.29, 1.82) is 0 Å². The summed E-state index contributed by atoms with van der Waals surface area (Å²) in [4.78, 5) is 32.7. The van der Waals surface area contributed by atoms with Crippen LogP contribution in [0.2, 0.25) is 0 Å². The minimum atomic E-state index is -0.273. The van der Waals surface area contributed by atoms with Crippen molar-refractivity contribution in [1.82, 2.24) is 19.4 Å². The standard InChI is InChI=1S/C18H24N4O3S/c1-4-25-18(24)21-8-6-20(7-9-21)12-16(23)15-11-13(2)22(14(15)3)17-19-5-10-26-17/h5,10-11H,4,6-9,12H2,1-3H3. The van der Waals surface area contributed by atoms with Crippen LogP contribution in [0.25, 0.3) is 5.13 Å². The maximum Gasteiger partial charge on any atom is 0.409 e. The number of Topliss-reactive ketones (excluding diaryl/α,β-unsaturated/α-hetero) is 1. The van der Waals surface area contributed by atoms with Crippen LogP contribution in [0.5, 0.6) is 0 Å². The molecular formula is C18H24N4O3S. The lowest BCUT2D eigenvalue weighted by Gasteiger charge is -2.33. The lowest BCUT2D eigenvalue weighted by atomic mass is 10.1. The van der Waals surface area contributed by atoms with Crippen LogP contribution >= 0.6 is 11.3 Å². The molecule has 0 spiro atoms. The molecule has 140 valence electrons. The van der Waals surface area contributed by atoms with E-state index in [4.69, 9.17) is 4.74 Å². The maximum atomic E-state index is 12.8. The molecule has 0 atom stereocenters. The lowest BCUT2D eigenvalue weighted by Crippen LogP contribution is -2.50. The molecule has 2 aromatic rings. The first-order chi connectivity index (χ1) is 12.5. The second-order valence-corrected chi connectivity index (χ2v) is 7.19. The number of nitrogens with zero attached hydrogens (tertiary/aromatic N) is 4. The van der Waals surface area contributed by atoms with Crippen LogP contribution in [0.4, 0.5) is 4.79 Å². The molecule has 0 radical (unpaired) electrons. The molecule has 1 aliphatic rings. The summed E-state index contributed by atoms with van der Waals surface area (Å²) < 4.78 is 7.05. The third-order valence-corrected chi connectivity index (χ3v) is 5.36. The number of hydrogen-bond acceptors (Lipinski definition) is 6. The predicted octanol–water partition coefficient (Wildman–Crippen LogP) is 2.51. The first-order valence-corrected chi connectivity index (χ1v) is 9.65. The zero-order chi connectivity index (χ0) is 18.7. The molecule has 8 heteroatoms. The van der Waals surface area contributed by atoms with Gasteiger partial charge in [0.1, 0.15) is 0 Å². The number of hydrogen-bond donors (Lipinski definition) is 0. The number of amides is 1. The normalized spacial score (nSPS) is 15.3. The van der Waals surface area contributed by atoms with Gasteiger partial charge < -0.3 is 9.64 Å². The number of thiazole rings is 1. The molecule has 0 N–H and O–H groups in total. The highest BCUT2D eigenvalue weighted by Crippen LogP contribution is 2.23. The Bertz CT molecular complexity index is 777. The molecule has 0 bridgehead atoms. The number of carbonyl (C=O) groups is 2. The minimum Gasteiger partial charge on any atom is -0.450 e. The van der Waals surface area contributed by atoms with E-state index < -0.39 is 0 Å². The number of piperazine rings is 1. The van der Waals surface area contributed by atoms with Crippen LogP contribution in [-0.4, -0.2) is 70.6 Å². The van der Waals surface area contributed by atoms with Crippen molar-refractivity contribution in [3.63, 3.8) is 0 Å². The van der Waals surface area contributed by atoms with Crippen LogP contribution in [0.3, 0.4) is 0 Å². The summed E-state index contributed by atoms with van der Waals surface area (Å²) in [6, 6.07) is 1.94. The first-order valence-electron chi connectivity index (χ1n) is 8.77. The van der Waals surface area contributed by atoms with E-state index in [0.717, 1.165) is 22.1 Å². The molecule has 1 fully saturated rings. The average molecular weight is 376 g/mol. The SMILES string of the molecule is CCOC(=O)N1CCN(CC(=O)c2cc(C)n(-c3nccs3)c2C)CC1. The predicted molar refractivity (Wildman–Crippen MR) is 100 cm³/mol. The van der Waals surface area contributed by atoms with E-state index in [0.29, 0.717) is 39.3 Å². The average Bonchev–Trinajstić information content (AvgIpc) is 3.23. The zero-order valence-electron chi connectivity index (χ0n) is 15.4. The molecule has 0 saturated carbocycles. The second-order valence-electron chi connectivity index (χ2n) is 6.32. The molecule has 3 heterocycles. The van der Waals surface area contributed by atoms with Gasteiger partial charge in [-0.1, -0.05) is 0 Å². The second kappa shape index (κ2) is 8.01. The van der Waals surface area contributed by atoms with E-state index in [1.807, 2.05) is 29.9 Å². The number of carbonyl (C=O) groups excluding carboxylic acids is 2. The summed E-state index contributed by atoms with van der Waals surface area (Å²) in [5, 5.41) is 2.81. The fourth-order valence-corrected chi connectivity index (χ4v) is 4.01. The van der Waals surface area contributed by atoms with Crippen molar-refractivity contribution in [3.8, 4) is 5.13 Å². The Kier molecular flexibility index (Phi) is 5.73. The summed E-state index contributed by atoms with van der Waals surface area (Å²) in [6.45, 7) is 9.02. The minimum absolute atomic E-state index is 0.102. The number of ether oxygens (including phenoxy) is 1. The highest BCUT2D eigenvalue weighted by molar-refractivity contribution is 7.12. The zero-order valence-corrected chi connectivity index (χ0v) is 16.2. The van der Waals surface area contributed by atoms with Gasteiger partial charge in [-0.3, -0.25) is 14.3 Å². The highest BCUT2D eigenvalue weighted by atomic mass is 32.1. The Morgan fingerprint density at radius 3 is 2.58 bits per heavy atom. The molecule has 7 nitrogen and oxygen atoms in total. The van der Waals surface area contributed by atoms with E-state index in [1.54, 1.807) is 29.4 Å². The summed E-state index contributed by atoms with van der Waals surface area (Å²) in [5.74, 6) is 0.102. The molecule has 0 aliphatic carbocycles. The van der Waals surface area contributed by atoms with Gasteiger partial charge in [0.25, 0.3) is 0 Å². The van der Waals surface area contributed by atoms with Crippen molar-refractivity contribution in [2.24, 2.45) is 0 Å². The molecule has 3 rings (SSSR count). The van der Waals surface area contributed by atoms with Crippen LogP contribution < -0.4 is 0 Å². The summed E-state index contributed by atoms with van der Waals surface area (Å²) in [7, 11) is 0. The molecule has 1 saturated heterocycles. The number of ketones is 1. The third kappa shape index (κ3) is 3.81. The highest BCUT2D eigenvalue weighted by Gasteiger charge is 2.25. The summed E-state index contributed by atoms with van der Waals surface area (Å²) in [5.41, 5.74) is 2.67. The van der Waals surface area contributed by atoms with Crippen LogP contribution in [0.1, 0.15) is 28.7 Å². The largest absolute Gasteiger partial charge is 0.450 e. The number of aromatic nitrogens is 2. The lowest BCUT2D eigenvalue weighted by molar-refractivity contribution is 0.0733. The van der Waals surface area contributed by atoms with Gasteiger partial charge in [-0.15, -0.1) is 11.3 Å². The Labute approximate surface area is 157 Å². The number of rotatable bonds is 5. The Balaban J connectivity index is 1.63. The molecule has 2 aromatic heterocycles. The van der Waals surface area contributed by atoms with E-state index in [9.17, 15) is 9.59 Å². The molecule has 1 amide bonds.